The molecule has 0 aliphatic carbocycles. The van der Waals surface area contributed by atoms with Crippen molar-refractivity contribution in [3.05, 3.63) is 34.5 Å². The van der Waals surface area contributed by atoms with Crippen LogP contribution >= 0.6 is 11.6 Å². The maximum atomic E-state index is 6.22. The third-order valence-corrected chi connectivity index (χ3v) is 3.50. The van der Waals surface area contributed by atoms with E-state index < -0.39 is 0 Å². The van der Waals surface area contributed by atoms with Crippen LogP contribution in [0.2, 0.25) is 5.15 Å². The molecule has 5 nitrogen and oxygen atoms in total. The molecule has 0 fully saturated rings. The third-order valence-electron chi connectivity index (χ3n) is 3.13. The summed E-state index contributed by atoms with van der Waals surface area (Å²) in [7, 11) is 3.91. The Morgan fingerprint density at radius 2 is 2.05 bits per heavy atom. The van der Waals surface area contributed by atoms with E-state index in [0.717, 1.165) is 29.3 Å². The van der Waals surface area contributed by atoms with Crippen LogP contribution in [0.3, 0.4) is 0 Å². The summed E-state index contributed by atoms with van der Waals surface area (Å²) < 4.78 is 1.79. The molecule has 0 radical (unpaired) electrons. The maximum absolute atomic E-state index is 6.22. The first-order chi connectivity index (χ1) is 9.38. The van der Waals surface area contributed by atoms with Crippen LogP contribution < -0.4 is 4.90 Å². The zero-order valence-corrected chi connectivity index (χ0v) is 13.3. The van der Waals surface area contributed by atoms with Crippen LogP contribution in [-0.2, 0) is 13.6 Å². The minimum absolute atomic E-state index is 0.249. The van der Waals surface area contributed by atoms with Gasteiger partial charge in [0.15, 0.2) is 0 Å². The minimum atomic E-state index is 0.249. The first-order valence-electron chi connectivity index (χ1n) is 6.61. The SMILES string of the molecule is Cc1c(Cl)nc(C(C)C)nc1N(C)Cc1cnn(C)c1. The molecule has 0 aromatic carbocycles. The van der Waals surface area contributed by atoms with Crippen molar-refractivity contribution in [1.29, 1.82) is 0 Å². The van der Waals surface area contributed by atoms with Crippen molar-refractivity contribution in [2.75, 3.05) is 11.9 Å². The summed E-state index contributed by atoms with van der Waals surface area (Å²) in [4.78, 5) is 11.1. The normalized spacial score (nSPS) is 11.2. The summed E-state index contributed by atoms with van der Waals surface area (Å²) in [6.45, 7) is 6.80. The lowest BCUT2D eigenvalue weighted by Gasteiger charge is -2.21. The molecule has 0 bridgehead atoms. The molecule has 0 aliphatic heterocycles. The summed E-state index contributed by atoms with van der Waals surface area (Å²) in [6, 6.07) is 0. The average molecular weight is 294 g/mol. The van der Waals surface area contributed by atoms with Crippen LogP contribution in [-0.4, -0.2) is 26.8 Å². The summed E-state index contributed by atoms with van der Waals surface area (Å²) in [5.74, 6) is 1.89. The standard InChI is InChI=1S/C14H20ClN5/c1-9(2)13-17-12(15)10(3)14(18-13)19(4)7-11-6-16-20(5)8-11/h6,8-9H,7H2,1-5H3. The number of aryl methyl sites for hydroxylation is 1. The second-order valence-corrected chi connectivity index (χ2v) is 5.71. The molecule has 0 atom stereocenters. The van der Waals surface area contributed by atoms with Crippen molar-refractivity contribution in [3.8, 4) is 0 Å². The van der Waals surface area contributed by atoms with E-state index in [9.17, 15) is 0 Å². The highest BCUT2D eigenvalue weighted by atomic mass is 35.5. The molecule has 2 aromatic rings. The molecule has 0 amide bonds. The van der Waals surface area contributed by atoms with E-state index in [1.807, 2.05) is 33.4 Å². The van der Waals surface area contributed by atoms with Crippen LogP contribution in [0.1, 0.15) is 36.7 Å². The molecular weight excluding hydrogens is 274 g/mol. The van der Waals surface area contributed by atoms with E-state index in [1.165, 1.54) is 0 Å². The summed E-state index contributed by atoms with van der Waals surface area (Å²) in [6.07, 6.45) is 3.86. The second kappa shape index (κ2) is 5.79. The van der Waals surface area contributed by atoms with Crippen molar-refractivity contribution < 1.29 is 0 Å². The van der Waals surface area contributed by atoms with Gasteiger partial charge in [-0.1, -0.05) is 25.4 Å². The number of nitrogens with zero attached hydrogens (tertiary/aromatic N) is 5. The molecule has 0 saturated carbocycles. The van der Waals surface area contributed by atoms with Gasteiger partial charge in [-0.2, -0.15) is 5.10 Å². The molecule has 0 N–H and O–H groups in total. The lowest BCUT2D eigenvalue weighted by Crippen LogP contribution is -2.20. The zero-order chi connectivity index (χ0) is 14.9. The van der Waals surface area contributed by atoms with Gasteiger partial charge in [0.05, 0.1) is 6.20 Å². The molecule has 108 valence electrons. The fraction of sp³-hybridized carbons (Fsp3) is 0.500. The molecule has 6 heteroatoms. The van der Waals surface area contributed by atoms with E-state index in [2.05, 4.69) is 33.8 Å². The van der Waals surface area contributed by atoms with Gasteiger partial charge in [0.1, 0.15) is 16.8 Å². The van der Waals surface area contributed by atoms with Gasteiger partial charge in [0.2, 0.25) is 0 Å². The molecule has 2 heterocycles. The highest BCUT2D eigenvalue weighted by Crippen LogP contribution is 2.26. The molecule has 0 spiro atoms. The van der Waals surface area contributed by atoms with Gasteiger partial charge in [-0.05, 0) is 6.92 Å². The molecule has 20 heavy (non-hydrogen) atoms. The van der Waals surface area contributed by atoms with Crippen LogP contribution in [0.4, 0.5) is 5.82 Å². The Morgan fingerprint density at radius 1 is 1.35 bits per heavy atom. The first kappa shape index (κ1) is 14.8. The predicted octanol–water partition coefficient (Wildman–Crippen LogP) is 2.93. The lowest BCUT2D eigenvalue weighted by atomic mass is 10.2. The largest absolute Gasteiger partial charge is 0.355 e. The Balaban J connectivity index is 2.30. The summed E-state index contributed by atoms with van der Waals surface area (Å²) in [5, 5.41) is 4.71. The van der Waals surface area contributed by atoms with Gasteiger partial charge < -0.3 is 4.90 Å². The van der Waals surface area contributed by atoms with Gasteiger partial charge in [-0.3, -0.25) is 4.68 Å². The van der Waals surface area contributed by atoms with Gasteiger partial charge in [-0.15, -0.1) is 0 Å². The Kier molecular flexibility index (Phi) is 4.28. The first-order valence-corrected chi connectivity index (χ1v) is 6.99. The molecule has 2 aromatic heterocycles. The number of rotatable bonds is 4. The van der Waals surface area contributed by atoms with E-state index in [4.69, 9.17) is 11.6 Å². The highest BCUT2D eigenvalue weighted by molar-refractivity contribution is 6.30. The van der Waals surface area contributed by atoms with Gasteiger partial charge in [0.25, 0.3) is 0 Å². The van der Waals surface area contributed by atoms with Crippen LogP contribution in [0.15, 0.2) is 12.4 Å². The van der Waals surface area contributed by atoms with Crippen molar-refractivity contribution in [2.45, 2.75) is 33.2 Å². The number of halogens is 1. The second-order valence-electron chi connectivity index (χ2n) is 5.35. The Labute approximate surface area is 124 Å². The van der Waals surface area contributed by atoms with Gasteiger partial charge in [-0.25, -0.2) is 9.97 Å². The number of aromatic nitrogens is 4. The van der Waals surface area contributed by atoms with E-state index >= 15 is 0 Å². The van der Waals surface area contributed by atoms with Gasteiger partial charge >= 0.3 is 0 Å². The average Bonchev–Trinajstić information content (AvgIpc) is 2.77. The van der Waals surface area contributed by atoms with Crippen molar-refractivity contribution in [2.24, 2.45) is 7.05 Å². The number of hydrogen-bond donors (Lipinski definition) is 0. The van der Waals surface area contributed by atoms with Crippen molar-refractivity contribution in [1.82, 2.24) is 19.7 Å². The zero-order valence-electron chi connectivity index (χ0n) is 12.6. The molecule has 2 rings (SSSR count). The maximum Gasteiger partial charge on any atom is 0.137 e. The van der Waals surface area contributed by atoms with Crippen molar-refractivity contribution >= 4 is 17.4 Å². The third kappa shape index (κ3) is 3.10. The summed E-state index contributed by atoms with van der Waals surface area (Å²) >= 11 is 6.22. The Hall–Kier alpha value is -1.62. The smallest absolute Gasteiger partial charge is 0.137 e. The van der Waals surface area contributed by atoms with Crippen LogP contribution in [0, 0.1) is 6.92 Å². The Morgan fingerprint density at radius 3 is 2.60 bits per heavy atom. The quantitative estimate of drug-likeness (QED) is 0.813. The highest BCUT2D eigenvalue weighted by Gasteiger charge is 2.15. The minimum Gasteiger partial charge on any atom is -0.355 e. The van der Waals surface area contributed by atoms with Crippen LogP contribution in [0.25, 0.3) is 0 Å². The van der Waals surface area contributed by atoms with Crippen LogP contribution in [0.5, 0.6) is 0 Å². The topological polar surface area (TPSA) is 46.8 Å². The van der Waals surface area contributed by atoms with E-state index in [1.54, 1.807) is 4.68 Å². The molecule has 0 unspecified atom stereocenters. The number of hydrogen-bond acceptors (Lipinski definition) is 4. The molecule has 0 saturated heterocycles. The monoisotopic (exact) mass is 293 g/mol. The fourth-order valence-electron chi connectivity index (χ4n) is 2.03. The van der Waals surface area contributed by atoms with Crippen molar-refractivity contribution in [3.63, 3.8) is 0 Å². The lowest BCUT2D eigenvalue weighted by molar-refractivity contribution is 0.756. The fourth-order valence-corrected chi connectivity index (χ4v) is 2.20. The van der Waals surface area contributed by atoms with E-state index in [0.29, 0.717) is 5.15 Å². The van der Waals surface area contributed by atoms with E-state index in [-0.39, 0.29) is 5.92 Å². The molecule has 0 aliphatic rings. The number of anilines is 1. The van der Waals surface area contributed by atoms with Gasteiger partial charge in [0, 0.05) is 43.9 Å². The Bertz CT molecular complexity index is 606. The predicted molar refractivity (Wildman–Crippen MR) is 81.2 cm³/mol. The molecular formula is C14H20ClN5. The summed E-state index contributed by atoms with van der Waals surface area (Å²) in [5.41, 5.74) is 2.04.